The predicted molar refractivity (Wildman–Crippen MR) is 179 cm³/mol. The van der Waals surface area contributed by atoms with Crippen LogP contribution in [0.25, 0.3) is 75.6 Å². The molecule has 0 spiro atoms. The first-order valence-electron chi connectivity index (χ1n) is 14.0. The monoisotopic (exact) mass is 602 g/mol. The first-order chi connectivity index (χ1) is 21.8. The Labute approximate surface area is 261 Å². The third-order valence-electron chi connectivity index (χ3n) is 7.32. The number of rotatable bonds is 6. The Morgan fingerprint density at radius 2 is 0.886 bits per heavy atom. The molecule has 0 aliphatic rings. The van der Waals surface area contributed by atoms with Crippen LogP contribution < -0.4 is 0 Å². The van der Waals surface area contributed by atoms with Gasteiger partial charge in [-0.1, -0.05) is 48.5 Å². The lowest BCUT2D eigenvalue weighted by Gasteiger charge is -2.09. The molecule has 0 amide bonds. The van der Waals surface area contributed by atoms with E-state index in [9.17, 15) is 0 Å². The van der Waals surface area contributed by atoms with E-state index in [4.69, 9.17) is 19.9 Å². The van der Waals surface area contributed by atoms with E-state index < -0.39 is 0 Å². The lowest BCUT2D eigenvalue weighted by molar-refractivity contribution is 1.26. The molecule has 6 heterocycles. The number of nitrogens with zero attached hydrogens (tertiary/aromatic N) is 6. The molecule has 8 heteroatoms. The van der Waals surface area contributed by atoms with Crippen LogP contribution in [0.15, 0.2) is 134 Å². The second-order valence-corrected chi connectivity index (χ2v) is 12.1. The summed E-state index contributed by atoms with van der Waals surface area (Å²) >= 11 is 3.30. The molecule has 8 aromatic rings. The minimum atomic E-state index is 0.849. The topological polar surface area (TPSA) is 77.3 Å². The highest BCUT2D eigenvalue weighted by atomic mass is 32.1. The van der Waals surface area contributed by atoms with Gasteiger partial charge in [-0.05, 0) is 59.3 Å². The minimum Gasteiger partial charge on any atom is -0.264 e. The van der Waals surface area contributed by atoms with Crippen molar-refractivity contribution < 1.29 is 0 Å². The molecule has 0 radical (unpaired) electrons. The molecular formula is C36H22N6S2. The van der Waals surface area contributed by atoms with Crippen molar-refractivity contribution in [2.75, 3.05) is 0 Å². The van der Waals surface area contributed by atoms with Crippen LogP contribution in [0.3, 0.4) is 0 Å². The van der Waals surface area contributed by atoms with Crippen LogP contribution in [0.1, 0.15) is 0 Å². The van der Waals surface area contributed by atoms with E-state index in [0.717, 1.165) is 64.8 Å². The van der Waals surface area contributed by atoms with Gasteiger partial charge in [-0.25, -0.2) is 19.9 Å². The number of thiazole rings is 2. The highest BCUT2D eigenvalue weighted by molar-refractivity contribution is 7.18. The molecule has 6 aromatic heterocycles. The van der Waals surface area contributed by atoms with Crippen LogP contribution in [-0.4, -0.2) is 29.9 Å². The Hall–Kier alpha value is -5.44. The zero-order chi connectivity index (χ0) is 29.3. The van der Waals surface area contributed by atoms with E-state index in [1.165, 1.54) is 10.8 Å². The van der Waals surface area contributed by atoms with Gasteiger partial charge in [0.05, 0.1) is 32.5 Å². The first kappa shape index (κ1) is 26.2. The maximum atomic E-state index is 4.88. The van der Waals surface area contributed by atoms with Crippen LogP contribution in [-0.2, 0) is 0 Å². The van der Waals surface area contributed by atoms with E-state index in [1.54, 1.807) is 35.1 Å². The average molecular weight is 603 g/mol. The maximum absolute atomic E-state index is 4.88. The highest BCUT2D eigenvalue weighted by Gasteiger charge is 2.16. The summed E-state index contributed by atoms with van der Waals surface area (Å²) < 4.78 is 0. The van der Waals surface area contributed by atoms with E-state index in [1.807, 2.05) is 85.5 Å². The van der Waals surface area contributed by atoms with Crippen molar-refractivity contribution in [3.63, 3.8) is 0 Å². The van der Waals surface area contributed by atoms with Gasteiger partial charge in [0.15, 0.2) is 0 Å². The Balaban J connectivity index is 1.13. The van der Waals surface area contributed by atoms with E-state index in [2.05, 4.69) is 46.4 Å². The van der Waals surface area contributed by atoms with Crippen molar-refractivity contribution in [3.05, 3.63) is 134 Å². The largest absolute Gasteiger partial charge is 0.264 e. The molecule has 208 valence electrons. The van der Waals surface area contributed by atoms with Crippen molar-refractivity contribution in [1.29, 1.82) is 0 Å². The Morgan fingerprint density at radius 3 is 1.34 bits per heavy atom. The molecule has 44 heavy (non-hydrogen) atoms. The van der Waals surface area contributed by atoms with Crippen molar-refractivity contribution >= 4 is 33.4 Å². The quantitative estimate of drug-likeness (QED) is 0.189. The summed E-state index contributed by atoms with van der Waals surface area (Å²) in [5.74, 6) is 0. The Bertz CT molecular complexity index is 2080. The second-order valence-electron chi connectivity index (χ2n) is 10.1. The van der Waals surface area contributed by atoms with Gasteiger partial charge in [0, 0.05) is 59.4 Å². The molecule has 6 nitrogen and oxygen atoms in total. The standard InChI is InChI=1S/C36H22N6S2/c1-2-10-26-25(9-1)27(33-21-39-35(43-33)31-13-3-11-29(41-31)23-7-5-17-37-19-23)15-16-28(26)34-22-40-36(44-34)32-14-4-12-30(42-32)24-8-6-18-38-20-24/h1-22H. The minimum absolute atomic E-state index is 0.849. The van der Waals surface area contributed by atoms with Gasteiger partial charge in [-0.2, -0.15) is 0 Å². The van der Waals surface area contributed by atoms with Crippen LogP contribution in [0.4, 0.5) is 0 Å². The zero-order valence-electron chi connectivity index (χ0n) is 23.2. The fourth-order valence-electron chi connectivity index (χ4n) is 5.22. The Kier molecular flexibility index (Phi) is 6.75. The van der Waals surface area contributed by atoms with Crippen molar-refractivity contribution in [2.45, 2.75) is 0 Å². The van der Waals surface area contributed by atoms with Crippen molar-refractivity contribution in [3.8, 4) is 64.8 Å². The van der Waals surface area contributed by atoms with Crippen LogP contribution in [0.5, 0.6) is 0 Å². The number of hydrogen-bond acceptors (Lipinski definition) is 8. The molecule has 0 aliphatic carbocycles. The third-order valence-corrected chi connectivity index (χ3v) is 9.42. The summed E-state index contributed by atoms with van der Waals surface area (Å²) in [5.41, 5.74) is 7.71. The summed E-state index contributed by atoms with van der Waals surface area (Å²) in [4.78, 5) is 30.0. The number of benzene rings is 2. The van der Waals surface area contributed by atoms with Crippen molar-refractivity contribution in [2.24, 2.45) is 0 Å². The van der Waals surface area contributed by atoms with Crippen LogP contribution in [0, 0.1) is 0 Å². The second kappa shape index (κ2) is 11.3. The van der Waals surface area contributed by atoms with Gasteiger partial charge < -0.3 is 0 Å². The van der Waals surface area contributed by atoms with Gasteiger partial charge in [0.2, 0.25) is 0 Å². The van der Waals surface area contributed by atoms with E-state index in [0.29, 0.717) is 0 Å². The smallest absolute Gasteiger partial charge is 0.142 e. The fraction of sp³-hybridized carbons (Fsp3) is 0. The van der Waals surface area contributed by atoms with Crippen LogP contribution >= 0.6 is 22.7 Å². The molecule has 0 saturated heterocycles. The maximum Gasteiger partial charge on any atom is 0.142 e. The van der Waals surface area contributed by atoms with E-state index >= 15 is 0 Å². The molecular weight excluding hydrogens is 581 g/mol. The summed E-state index contributed by atoms with van der Waals surface area (Å²) in [6, 6.07) is 32.8. The van der Waals surface area contributed by atoms with Gasteiger partial charge in [-0.15, -0.1) is 22.7 Å². The molecule has 0 fully saturated rings. The number of pyridine rings is 4. The summed E-state index contributed by atoms with van der Waals surface area (Å²) in [6.45, 7) is 0. The van der Waals surface area contributed by atoms with Crippen molar-refractivity contribution in [1.82, 2.24) is 29.9 Å². The molecule has 0 bridgehead atoms. The molecule has 0 saturated carbocycles. The number of fused-ring (bicyclic) bond motifs is 1. The molecule has 8 rings (SSSR count). The normalized spacial score (nSPS) is 11.2. The fourth-order valence-corrected chi connectivity index (χ4v) is 7.07. The lowest BCUT2D eigenvalue weighted by Crippen LogP contribution is -1.87. The Morgan fingerprint density at radius 1 is 0.409 bits per heavy atom. The average Bonchev–Trinajstić information content (AvgIpc) is 3.80. The SMILES string of the molecule is c1cncc(-c2cccc(-c3ncc(-c4ccc(-c5cnc(-c6cccc(-c7cccnc7)n6)s5)c5ccccc45)s3)n2)c1. The first-order valence-corrected chi connectivity index (χ1v) is 15.6. The predicted octanol–water partition coefficient (Wildman–Crippen LogP) is 9.33. The summed E-state index contributed by atoms with van der Waals surface area (Å²) in [6.07, 6.45) is 11.1. The zero-order valence-corrected chi connectivity index (χ0v) is 24.8. The van der Waals surface area contributed by atoms with Gasteiger partial charge in [0.25, 0.3) is 0 Å². The molecule has 0 aliphatic heterocycles. The molecule has 0 unspecified atom stereocenters. The molecule has 0 N–H and O–H groups in total. The summed E-state index contributed by atoms with van der Waals surface area (Å²) in [5, 5.41) is 4.10. The van der Waals surface area contributed by atoms with E-state index in [-0.39, 0.29) is 0 Å². The molecule has 2 aromatic carbocycles. The third kappa shape index (κ3) is 4.96. The highest BCUT2D eigenvalue weighted by Crippen LogP contribution is 2.41. The van der Waals surface area contributed by atoms with Gasteiger partial charge in [0.1, 0.15) is 10.0 Å². The number of aromatic nitrogens is 6. The number of hydrogen-bond donors (Lipinski definition) is 0. The van der Waals surface area contributed by atoms with Crippen LogP contribution in [0.2, 0.25) is 0 Å². The van der Waals surface area contributed by atoms with Gasteiger partial charge in [-0.3, -0.25) is 9.97 Å². The molecule has 0 atom stereocenters. The summed E-state index contributed by atoms with van der Waals surface area (Å²) in [7, 11) is 0. The van der Waals surface area contributed by atoms with Gasteiger partial charge >= 0.3 is 0 Å². The lowest BCUT2D eigenvalue weighted by atomic mass is 9.98.